The summed E-state index contributed by atoms with van der Waals surface area (Å²) in [5, 5.41) is 3.74. The Balaban J connectivity index is 2.90. The smallest absolute Gasteiger partial charge is 0.139 e. The Morgan fingerprint density at radius 3 is 2.70 bits per heavy atom. The standard InChI is InChI=1S/C8H13NO/c1-4-8-7(6(2)3)5-9-10-8/h5-6H,4H2,1-3H3. The lowest BCUT2D eigenvalue weighted by atomic mass is 10.0. The summed E-state index contributed by atoms with van der Waals surface area (Å²) < 4.78 is 5.03. The van der Waals surface area contributed by atoms with E-state index in [-0.39, 0.29) is 0 Å². The van der Waals surface area contributed by atoms with Crippen LogP contribution in [0.4, 0.5) is 0 Å². The number of rotatable bonds is 2. The Bertz CT molecular complexity index is 203. The number of aromatic nitrogens is 1. The molecule has 0 aromatic carbocycles. The third kappa shape index (κ3) is 1.20. The Morgan fingerprint density at radius 2 is 2.30 bits per heavy atom. The molecule has 1 aromatic heterocycles. The van der Waals surface area contributed by atoms with E-state index in [1.165, 1.54) is 5.56 Å². The maximum absolute atomic E-state index is 5.03. The highest BCUT2D eigenvalue weighted by molar-refractivity contribution is 5.16. The van der Waals surface area contributed by atoms with Gasteiger partial charge in [0.05, 0.1) is 6.20 Å². The molecule has 0 saturated heterocycles. The van der Waals surface area contributed by atoms with Gasteiger partial charge in [-0.15, -0.1) is 0 Å². The van der Waals surface area contributed by atoms with Crippen LogP contribution in [0.15, 0.2) is 10.7 Å². The van der Waals surface area contributed by atoms with Crippen LogP contribution in [-0.2, 0) is 6.42 Å². The molecule has 1 rings (SSSR count). The van der Waals surface area contributed by atoms with Crippen LogP contribution in [0.25, 0.3) is 0 Å². The molecule has 2 heteroatoms. The predicted octanol–water partition coefficient (Wildman–Crippen LogP) is 2.36. The lowest BCUT2D eigenvalue weighted by Crippen LogP contribution is -1.88. The van der Waals surface area contributed by atoms with Crippen LogP contribution in [0.1, 0.15) is 38.0 Å². The minimum atomic E-state index is 0.529. The molecule has 0 unspecified atom stereocenters. The Kier molecular flexibility index (Phi) is 2.10. The molecule has 0 saturated carbocycles. The van der Waals surface area contributed by atoms with Gasteiger partial charge in [0.25, 0.3) is 0 Å². The zero-order valence-electron chi connectivity index (χ0n) is 6.72. The van der Waals surface area contributed by atoms with E-state index in [1.807, 2.05) is 6.20 Å². The molecular weight excluding hydrogens is 126 g/mol. The molecule has 10 heavy (non-hydrogen) atoms. The first kappa shape index (κ1) is 7.32. The number of aryl methyl sites for hydroxylation is 1. The van der Waals surface area contributed by atoms with Gasteiger partial charge in [0.15, 0.2) is 0 Å². The van der Waals surface area contributed by atoms with Gasteiger partial charge in [-0.05, 0) is 5.92 Å². The molecule has 0 radical (unpaired) electrons. The molecule has 0 bridgehead atoms. The molecule has 0 aliphatic heterocycles. The van der Waals surface area contributed by atoms with Crippen molar-refractivity contribution in [2.45, 2.75) is 33.1 Å². The first-order valence-electron chi connectivity index (χ1n) is 3.69. The maximum atomic E-state index is 5.03. The second-order valence-electron chi connectivity index (χ2n) is 2.71. The molecule has 1 heterocycles. The van der Waals surface area contributed by atoms with Crippen LogP contribution < -0.4 is 0 Å². The number of hydrogen-bond acceptors (Lipinski definition) is 2. The van der Waals surface area contributed by atoms with Gasteiger partial charge in [0.1, 0.15) is 5.76 Å². The molecule has 0 N–H and O–H groups in total. The van der Waals surface area contributed by atoms with Gasteiger partial charge in [0.2, 0.25) is 0 Å². The van der Waals surface area contributed by atoms with Crippen molar-refractivity contribution < 1.29 is 4.52 Å². The maximum Gasteiger partial charge on any atom is 0.139 e. The first-order valence-corrected chi connectivity index (χ1v) is 3.69. The lowest BCUT2D eigenvalue weighted by Gasteiger charge is -1.99. The molecule has 0 spiro atoms. The average Bonchev–Trinajstić information content (AvgIpc) is 2.33. The Morgan fingerprint density at radius 1 is 1.60 bits per heavy atom. The van der Waals surface area contributed by atoms with Crippen molar-refractivity contribution >= 4 is 0 Å². The summed E-state index contributed by atoms with van der Waals surface area (Å²) in [5.41, 5.74) is 1.24. The van der Waals surface area contributed by atoms with Gasteiger partial charge in [-0.3, -0.25) is 0 Å². The summed E-state index contributed by atoms with van der Waals surface area (Å²) in [6.07, 6.45) is 2.75. The van der Waals surface area contributed by atoms with E-state index in [2.05, 4.69) is 25.9 Å². The summed E-state index contributed by atoms with van der Waals surface area (Å²) in [7, 11) is 0. The highest BCUT2D eigenvalue weighted by Gasteiger charge is 2.08. The van der Waals surface area contributed by atoms with E-state index in [0.717, 1.165) is 12.2 Å². The number of hydrogen-bond donors (Lipinski definition) is 0. The summed E-state index contributed by atoms with van der Waals surface area (Å²) in [6.45, 7) is 6.36. The SMILES string of the molecule is CCc1oncc1C(C)C. The van der Waals surface area contributed by atoms with E-state index in [4.69, 9.17) is 4.52 Å². The van der Waals surface area contributed by atoms with Crippen molar-refractivity contribution in [3.8, 4) is 0 Å². The second-order valence-corrected chi connectivity index (χ2v) is 2.71. The van der Waals surface area contributed by atoms with Gasteiger partial charge in [-0.2, -0.15) is 0 Å². The fourth-order valence-electron chi connectivity index (χ4n) is 1.01. The topological polar surface area (TPSA) is 26.0 Å². The largest absolute Gasteiger partial charge is 0.361 e. The van der Waals surface area contributed by atoms with E-state index in [0.29, 0.717) is 5.92 Å². The molecule has 2 nitrogen and oxygen atoms in total. The summed E-state index contributed by atoms with van der Waals surface area (Å²) >= 11 is 0. The lowest BCUT2D eigenvalue weighted by molar-refractivity contribution is 0.384. The monoisotopic (exact) mass is 139 g/mol. The second kappa shape index (κ2) is 2.86. The van der Waals surface area contributed by atoms with Gasteiger partial charge >= 0.3 is 0 Å². The molecule has 0 aliphatic rings. The zero-order valence-corrected chi connectivity index (χ0v) is 6.72. The third-order valence-corrected chi connectivity index (χ3v) is 1.62. The highest BCUT2D eigenvalue weighted by atomic mass is 16.5. The van der Waals surface area contributed by atoms with E-state index >= 15 is 0 Å². The third-order valence-electron chi connectivity index (χ3n) is 1.62. The molecule has 0 aliphatic carbocycles. The van der Waals surface area contributed by atoms with E-state index < -0.39 is 0 Å². The van der Waals surface area contributed by atoms with Crippen molar-refractivity contribution in [3.63, 3.8) is 0 Å². The van der Waals surface area contributed by atoms with Crippen LogP contribution in [0.2, 0.25) is 0 Å². The van der Waals surface area contributed by atoms with Gasteiger partial charge in [0, 0.05) is 12.0 Å². The van der Waals surface area contributed by atoms with Crippen LogP contribution in [-0.4, -0.2) is 5.16 Å². The zero-order chi connectivity index (χ0) is 7.56. The molecule has 56 valence electrons. The quantitative estimate of drug-likeness (QED) is 0.628. The number of nitrogens with zero attached hydrogens (tertiary/aromatic N) is 1. The molecular formula is C8H13NO. The van der Waals surface area contributed by atoms with Crippen molar-refractivity contribution in [1.82, 2.24) is 5.16 Å². The molecule has 0 amide bonds. The van der Waals surface area contributed by atoms with Crippen LogP contribution in [0, 0.1) is 0 Å². The fraction of sp³-hybridized carbons (Fsp3) is 0.625. The summed E-state index contributed by atoms with van der Waals surface area (Å²) in [5.74, 6) is 1.55. The van der Waals surface area contributed by atoms with Crippen LogP contribution in [0.5, 0.6) is 0 Å². The van der Waals surface area contributed by atoms with E-state index in [9.17, 15) is 0 Å². The van der Waals surface area contributed by atoms with E-state index in [1.54, 1.807) is 0 Å². The van der Waals surface area contributed by atoms with Gasteiger partial charge in [-0.25, -0.2) is 0 Å². The normalized spacial score (nSPS) is 10.8. The van der Waals surface area contributed by atoms with Crippen molar-refractivity contribution in [1.29, 1.82) is 0 Å². The van der Waals surface area contributed by atoms with Crippen molar-refractivity contribution in [2.75, 3.05) is 0 Å². The fourth-order valence-corrected chi connectivity index (χ4v) is 1.01. The Labute approximate surface area is 61.2 Å². The minimum absolute atomic E-state index is 0.529. The first-order chi connectivity index (χ1) is 4.75. The van der Waals surface area contributed by atoms with Gasteiger partial charge < -0.3 is 4.52 Å². The molecule has 0 fully saturated rings. The van der Waals surface area contributed by atoms with Gasteiger partial charge in [-0.1, -0.05) is 25.9 Å². The molecule has 0 atom stereocenters. The van der Waals surface area contributed by atoms with Crippen LogP contribution in [0.3, 0.4) is 0 Å². The highest BCUT2D eigenvalue weighted by Crippen LogP contribution is 2.18. The Hall–Kier alpha value is -0.790. The summed E-state index contributed by atoms with van der Waals surface area (Å²) in [4.78, 5) is 0. The average molecular weight is 139 g/mol. The predicted molar refractivity (Wildman–Crippen MR) is 40.0 cm³/mol. The van der Waals surface area contributed by atoms with Crippen molar-refractivity contribution in [3.05, 3.63) is 17.5 Å². The van der Waals surface area contributed by atoms with Crippen molar-refractivity contribution in [2.24, 2.45) is 0 Å². The van der Waals surface area contributed by atoms with Crippen LogP contribution >= 0.6 is 0 Å². The minimum Gasteiger partial charge on any atom is -0.361 e. The molecule has 1 aromatic rings. The summed E-state index contributed by atoms with van der Waals surface area (Å²) in [6, 6.07) is 0.